The highest BCUT2D eigenvalue weighted by atomic mass is 32.1. The zero-order valence-corrected chi connectivity index (χ0v) is 16.4. The molecule has 4 rings (SSSR count). The Morgan fingerprint density at radius 3 is 2.79 bits per heavy atom. The minimum atomic E-state index is -0.388. The smallest absolute Gasteiger partial charge is 0.329 e. The number of rotatable bonds is 5. The number of thiophene rings is 1. The lowest BCUT2D eigenvalue weighted by atomic mass is 10.1. The average Bonchev–Trinajstić information content (AvgIpc) is 3.06. The minimum absolute atomic E-state index is 0.0224. The van der Waals surface area contributed by atoms with Crippen LogP contribution < -0.4 is 11.2 Å². The summed E-state index contributed by atoms with van der Waals surface area (Å²) in [5.41, 5.74) is 1.35. The molecule has 0 saturated heterocycles. The number of benzene rings is 1. The zero-order valence-electron chi connectivity index (χ0n) is 15.6. The van der Waals surface area contributed by atoms with Crippen molar-refractivity contribution >= 4 is 27.5 Å². The van der Waals surface area contributed by atoms with Crippen molar-refractivity contribution in [2.24, 2.45) is 0 Å². The van der Waals surface area contributed by atoms with Gasteiger partial charge in [0.05, 0.1) is 18.5 Å². The highest BCUT2D eigenvalue weighted by Gasteiger charge is 2.26. The molecule has 1 aromatic carbocycles. The lowest BCUT2D eigenvalue weighted by Crippen LogP contribution is -2.38. The van der Waals surface area contributed by atoms with E-state index in [0.29, 0.717) is 42.9 Å². The number of hydrogen-bond donors (Lipinski definition) is 1. The Bertz CT molecular complexity index is 1130. The zero-order chi connectivity index (χ0) is 19.7. The van der Waals surface area contributed by atoms with Gasteiger partial charge in [-0.2, -0.15) is 0 Å². The van der Waals surface area contributed by atoms with E-state index in [0.717, 1.165) is 16.0 Å². The van der Waals surface area contributed by atoms with Gasteiger partial charge in [0, 0.05) is 18.0 Å². The van der Waals surface area contributed by atoms with Crippen LogP contribution in [-0.2, 0) is 35.6 Å². The summed E-state index contributed by atoms with van der Waals surface area (Å²) in [6.07, 6.45) is 0.602. The summed E-state index contributed by atoms with van der Waals surface area (Å²) in [6.45, 7) is 3.50. The third kappa shape index (κ3) is 3.41. The van der Waals surface area contributed by atoms with Crippen LogP contribution in [0.1, 0.15) is 22.9 Å². The number of ether oxygens (including phenoxy) is 1. The third-order valence-electron chi connectivity index (χ3n) is 4.99. The van der Waals surface area contributed by atoms with Gasteiger partial charge in [-0.15, -0.1) is 11.3 Å². The molecule has 8 heteroatoms. The van der Waals surface area contributed by atoms with Crippen LogP contribution in [0.25, 0.3) is 10.2 Å². The van der Waals surface area contributed by atoms with Crippen LogP contribution in [0.4, 0.5) is 0 Å². The Kier molecular flexibility index (Phi) is 5.15. The van der Waals surface area contributed by atoms with Crippen molar-refractivity contribution in [2.75, 3.05) is 13.2 Å². The average molecular weight is 399 g/mol. The number of amides is 1. The molecular weight excluding hydrogens is 378 g/mol. The first-order chi connectivity index (χ1) is 13.6. The van der Waals surface area contributed by atoms with Gasteiger partial charge in [-0.05, 0) is 24.5 Å². The highest BCUT2D eigenvalue weighted by molar-refractivity contribution is 7.18. The normalized spacial score (nSPS) is 13.7. The van der Waals surface area contributed by atoms with Crippen LogP contribution in [0.5, 0.6) is 0 Å². The summed E-state index contributed by atoms with van der Waals surface area (Å²) in [6, 6.07) is 9.72. The SMILES string of the molecule is CCn1c(=O)[nH]c2sc3c(c2c1=O)CCN(C(=O)COCc1ccccc1)C3. The summed E-state index contributed by atoms with van der Waals surface area (Å²) in [4.78, 5) is 43.3. The molecule has 146 valence electrons. The second kappa shape index (κ2) is 7.73. The Morgan fingerprint density at radius 2 is 2.04 bits per heavy atom. The first-order valence-corrected chi connectivity index (χ1v) is 10.1. The van der Waals surface area contributed by atoms with Crippen LogP contribution in [0.3, 0.4) is 0 Å². The van der Waals surface area contributed by atoms with Crippen molar-refractivity contribution < 1.29 is 9.53 Å². The number of carbonyl (C=O) groups is 1. The summed E-state index contributed by atoms with van der Waals surface area (Å²) >= 11 is 1.39. The van der Waals surface area contributed by atoms with Crippen LogP contribution in [0.15, 0.2) is 39.9 Å². The first-order valence-electron chi connectivity index (χ1n) is 9.25. The number of aromatic nitrogens is 2. The summed E-state index contributed by atoms with van der Waals surface area (Å²) in [5, 5.41) is 0.592. The molecular formula is C20H21N3O4S. The van der Waals surface area contributed by atoms with Crippen molar-refractivity contribution in [3.05, 3.63) is 67.2 Å². The highest BCUT2D eigenvalue weighted by Crippen LogP contribution is 2.31. The molecule has 3 aromatic rings. The third-order valence-corrected chi connectivity index (χ3v) is 6.12. The predicted octanol–water partition coefficient (Wildman–Crippen LogP) is 1.87. The number of nitrogens with zero attached hydrogens (tertiary/aromatic N) is 2. The van der Waals surface area contributed by atoms with Crippen molar-refractivity contribution in [3.8, 4) is 0 Å². The molecule has 1 aliphatic heterocycles. The van der Waals surface area contributed by atoms with E-state index in [-0.39, 0.29) is 23.8 Å². The summed E-state index contributed by atoms with van der Waals surface area (Å²) in [5.74, 6) is -0.0708. The lowest BCUT2D eigenvalue weighted by Gasteiger charge is -2.26. The van der Waals surface area contributed by atoms with E-state index in [9.17, 15) is 14.4 Å². The van der Waals surface area contributed by atoms with Gasteiger partial charge in [-0.25, -0.2) is 4.79 Å². The van der Waals surface area contributed by atoms with E-state index in [1.54, 1.807) is 11.8 Å². The van der Waals surface area contributed by atoms with Crippen molar-refractivity contribution in [3.63, 3.8) is 0 Å². The molecule has 3 heterocycles. The fraction of sp³-hybridized carbons (Fsp3) is 0.350. The van der Waals surface area contributed by atoms with Crippen molar-refractivity contribution in [1.29, 1.82) is 0 Å². The van der Waals surface area contributed by atoms with Gasteiger partial charge in [0.15, 0.2) is 0 Å². The fourth-order valence-electron chi connectivity index (χ4n) is 3.53. The number of carbonyl (C=O) groups excluding carboxylic acids is 1. The Hall–Kier alpha value is -2.71. The van der Waals surface area contributed by atoms with E-state index in [2.05, 4.69) is 4.98 Å². The molecule has 0 fully saturated rings. The monoisotopic (exact) mass is 399 g/mol. The molecule has 2 aromatic heterocycles. The largest absolute Gasteiger partial charge is 0.367 e. The molecule has 0 unspecified atom stereocenters. The molecule has 7 nitrogen and oxygen atoms in total. The molecule has 1 aliphatic rings. The summed E-state index contributed by atoms with van der Waals surface area (Å²) in [7, 11) is 0. The summed E-state index contributed by atoms with van der Waals surface area (Å²) < 4.78 is 6.77. The molecule has 0 atom stereocenters. The molecule has 0 bridgehead atoms. The number of nitrogens with one attached hydrogen (secondary N) is 1. The van der Waals surface area contributed by atoms with Gasteiger partial charge in [-0.1, -0.05) is 30.3 Å². The molecule has 1 N–H and O–H groups in total. The lowest BCUT2D eigenvalue weighted by molar-refractivity contribution is -0.137. The second-order valence-electron chi connectivity index (χ2n) is 6.73. The minimum Gasteiger partial charge on any atom is -0.367 e. The second-order valence-corrected chi connectivity index (χ2v) is 7.84. The van der Waals surface area contributed by atoms with E-state index in [4.69, 9.17) is 4.74 Å². The van der Waals surface area contributed by atoms with Crippen molar-refractivity contribution in [2.45, 2.75) is 33.0 Å². The van der Waals surface area contributed by atoms with E-state index in [1.807, 2.05) is 30.3 Å². The molecule has 0 radical (unpaired) electrons. The maximum Gasteiger partial charge on any atom is 0.329 e. The molecule has 0 saturated carbocycles. The van der Waals surface area contributed by atoms with Crippen LogP contribution in [0.2, 0.25) is 0 Å². The quantitative estimate of drug-likeness (QED) is 0.710. The Balaban J connectivity index is 1.49. The van der Waals surface area contributed by atoms with Crippen LogP contribution in [-0.4, -0.2) is 33.5 Å². The number of hydrogen-bond acceptors (Lipinski definition) is 5. The standard InChI is InChI=1S/C20H21N3O4S/c1-2-23-19(25)17-14-8-9-22(10-15(14)28-18(17)21-20(23)26)16(24)12-27-11-13-6-4-3-5-7-13/h3-7H,2,8-12H2,1H3,(H,21,26). The Labute approximate surface area is 165 Å². The molecule has 28 heavy (non-hydrogen) atoms. The maximum atomic E-state index is 12.7. The molecule has 0 spiro atoms. The number of fused-ring (bicyclic) bond motifs is 3. The van der Waals surface area contributed by atoms with Gasteiger partial charge < -0.3 is 9.64 Å². The van der Waals surface area contributed by atoms with Crippen molar-refractivity contribution in [1.82, 2.24) is 14.5 Å². The first kappa shape index (κ1) is 18.6. The van der Waals surface area contributed by atoms with Gasteiger partial charge in [0.25, 0.3) is 5.56 Å². The van der Waals surface area contributed by atoms with E-state index >= 15 is 0 Å². The van der Waals surface area contributed by atoms with Crippen LogP contribution in [0, 0.1) is 0 Å². The maximum absolute atomic E-state index is 12.7. The van der Waals surface area contributed by atoms with E-state index in [1.165, 1.54) is 15.9 Å². The molecule has 0 aliphatic carbocycles. The fourth-order valence-corrected chi connectivity index (χ4v) is 4.78. The topological polar surface area (TPSA) is 84.4 Å². The van der Waals surface area contributed by atoms with Gasteiger partial charge >= 0.3 is 5.69 Å². The van der Waals surface area contributed by atoms with Crippen LogP contribution >= 0.6 is 11.3 Å². The van der Waals surface area contributed by atoms with Gasteiger partial charge in [0.2, 0.25) is 5.91 Å². The molecule has 1 amide bonds. The Morgan fingerprint density at radius 1 is 1.25 bits per heavy atom. The van der Waals surface area contributed by atoms with E-state index < -0.39 is 0 Å². The number of H-pyrrole nitrogens is 1. The number of aromatic amines is 1. The van der Waals surface area contributed by atoms with Gasteiger partial charge in [-0.3, -0.25) is 19.1 Å². The predicted molar refractivity (Wildman–Crippen MR) is 108 cm³/mol. The van der Waals surface area contributed by atoms with Gasteiger partial charge in [0.1, 0.15) is 11.4 Å².